The molecule has 0 radical (unpaired) electrons. The zero-order chi connectivity index (χ0) is 28.9. The number of esters is 1. The number of H-pyrrole nitrogens is 1. The fourth-order valence-electron chi connectivity index (χ4n) is 3.94. The summed E-state index contributed by atoms with van der Waals surface area (Å²) in [6, 6.07) is 12.6. The summed E-state index contributed by atoms with van der Waals surface area (Å²) in [5, 5.41) is 30.5. The molecule has 2 aromatic carbocycles. The Morgan fingerprint density at radius 1 is 1.03 bits per heavy atom. The number of phenolic OH excluding ortho intramolecular Hbond substituents is 1. The van der Waals surface area contributed by atoms with E-state index in [-0.39, 0.29) is 24.4 Å². The SMILES string of the molecule is CC(C)(C)OC(=O)C1NC(C(=O)O)Cc2ccc(O)cc21.O=C(O)c1cc(=O)[nH]c(=O)n1Cc1ccccc1. The smallest absolute Gasteiger partial charge is 0.352 e. The maximum absolute atomic E-state index is 12.3. The van der Waals surface area contributed by atoms with Gasteiger partial charge in [0.15, 0.2) is 0 Å². The minimum absolute atomic E-state index is 0.0258. The zero-order valence-electron chi connectivity index (χ0n) is 21.5. The number of aromatic nitrogens is 2. The lowest BCUT2D eigenvalue weighted by atomic mass is 9.90. The average Bonchev–Trinajstić information content (AvgIpc) is 2.84. The lowest BCUT2D eigenvalue weighted by molar-refractivity contribution is -0.158. The maximum Gasteiger partial charge on any atom is 0.352 e. The molecule has 0 saturated carbocycles. The van der Waals surface area contributed by atoms with Crippen molar-refractivity contribution in [2.45, 2.75) is 51.4 Å². The highest BCUT2D eigenvalue weighted by Gasteiger charge is 2.36. The number of ether oxygens (including phenoxy) is 1. The monoisotopic (exact) mass is 539 g/mol. The lowest BCUT2D eigenvalue weighted by Crippen LogP contribution is -2.48. The minimum atomic E-state index is -1.31. The van der Waals surface area contributed by atoms with Crippen molar-refractivity contribution >= 4 is 17.9 Å². The van der Waals surface area contributed by atoms with Crippen LogP contribution in [0.5, 0.6) is 5.75 Å². The predicted molar refractivity (Wildman–Crippen MR) is 139 cm³/mol. The molecule has 1 aliphatic heterocycles. The number of carboxylic acids is 2. The highest BCUT2D eigenvalue weighted by molar-refractivity contribution is 5.85. The van der Waals surface area contributed by atoms with Gasteiger partial charge in [0.1, 0.15) is 29.1 Å². The number of aliphatic carboxylic acids is 1. The second-order valence-corrected chi connectivity index (χ2v) is 9.81. The van der Waals surface area contributed by atoms with Crippen LogP contribution in [0.15, 0.2) is 64.2 Å². The molecule has 3 aromatic rings. The first-order valence-corrected chi connectivity index (χ1v) is 11.9. The van der Waals surface area contributed by atoms with Gasteiger partial charge in [0.05, 0.1) is 6.54 Å². The summed E-state index contributed by atoms with van der Waals surface area (Å²) >= 11 is 0. The van der Waals surface area contributed by atoms with Crippen LogP contribution in [-0.2, 0) is 27.3 Å². The molecular formula is C27H29N3O9. The molecule has 0 saturated heterocycles. The number of rotatable bonds is 5. The largest absolute Gasteiger partial charge is 0.508 e. The molecule has 4 rings (SSSR count). The quantitative estimate of drug-likeness (QED) is 0.298. The van der Waals surface area contributed by atoms with Crippen molar-refractivity contribution < 1.29 is 34.4 Å². The Bertz CT molecular complexity index is 1490. The van der Waals surface area contributed by atoms with Gasteiger partial charge in [-0.3, -0.25) is 24.5 Å². The standard InChI is InChI=1S/C15H19NO5.C12H10N2O4/c1-15(2,3)21-14(20)12-10-7-9(17)5-4-8(10)6-11(16-12)13(18)19;15-10-6-9(11(16)17)14(12(18)13-10)7-8-4-2-1-3-5-8/h4-5,7,11-12,16-17H,6H2,1-3H3,(H,18,19);1-6H,7H2,(H,16,17)(H,13,15,18). The van der Waals surface area contributed by atoms with Crippen LogP contribution in [0.3, 0.4) is 0 Å². The van der Waals surface area contributed by atoms with Crippen molar-refractivity contribution in [3.8, 4) is 5.75 Å². The molecule has 0 fully saturated rings. The maximum atomic E-state index is 12.3. The number of fused-ring (bicyclic) bond motifs is 1. The summed E-state index contributed by atoms with van der Waals surface area (Å²) in [7, 11) is 0. The van der Waals surface area contributed by atoms with Gasteiger partial charge in [0.2, 0.25) is 0 Å². The van der Waals surface area contributed by atoms with Crippen molar-refractivity contribution in [1.82, 2.24) is 14.9 Å². The van der Waals surface area contributed by atoms with Crippen LogP contribution < -0.4 is 16.6 Å². The van der Waals surface area contributed by atoms with E-state index in [2.05, 4.69) is 5.32 Å². The molecule has 39 heavy (non-hydrogen) atoms. The molecule has 2 heterocycles. The highest BCUT2D eigenvalue weighted by Crippen LogP contribution is 2.30. The number of hydrogen-bond donors (Lipinski definition) is 5. The third-order valence-electron chi connectivity index (χ3n) is 5.61. The molecule has 206 valence electrons. The number of carboxylic acid groups (broad SMARTS) is 2. The Balaban J connectivity index is 0.000000218. The van der Waals surface area contributed by atoms with Gasteiger partial charge in [0.25, 0.3) is 5.56 Å². The molecule has 5 N–H and O–H groups in total. The van der Waals surface area contributed by atoms with Gasteiger partial charge in [-0.05, 0) is 56.0 Å². The van der Waals surface area contributed by atoms with Crippen LogP contribution in [-0.4, -0.2) is 54.4 Å². The molecule has 0 spiro atoms. The molecule has 1 aliphatic rings. The number of aromatic hydroxyl groups is 1. The van der Waals surface area contributed by atoms with E-state index in [0.29, 0.717) is 5.56 Å². The third-order valence-corrected chi connectivity index (χ3v) is 5.61. The minimum Gasteiger partial charge on any atom is -0.508 e. The van der Waals surface area contributed by atoms with Crippen molar-refractivity contribution in [3.05, 3.63) is 97.8 Å². The van der Waals surface area contributed by atoms with Crippen LogP contribution in [0, 0.1) is 0 Å². The van der Waals surface area contributed by atoms with Crippen molar-refractivity contribution in [3.63, 3.8) is 0 Å². The summed E-state index contributed by atoms with van der Waals surface area (Å²) in [5.74, 6) is -2.87. The third kappa shape index (κ3) is 7.65. The van der Waals surface area contributed by atoms with Gasteiger partial charge < -0.3 is 20.1 Å². The Morgan fingerprint density at radius 2 is 1.69 bits per heavy atom. The Kier molecular flexibility index (Phi) is 8.71. The van der Waals surface area contributed by atoms with Crippen molar-refractivity contribution in [1.29, 1.82) is 0 Å². The Morgan fingerprint density at radius 3 is 2.28 bits per heavy atom. The van der Waals surface area contributed by atoms with Gasteiger partial charge in [-0.2, -0.15) is 0 Å². The van der Waals surface area contributed by atoms with E-state index in [1.807, 2.05) is 11.1 Å². The normalized spacial score (nSPS) is 16.3. The zero-order valence-corrected chi connectivity index (χ0v) is 21.5. The second-order valence-electron chi connectivity index (χ2n) is 9.81. The van der Waals surface area contributed by atoms with E-state index in [1.165, 1.54) is 12.1 Å². The number of aromatic amines is 1. The number of nitrogens with one attached hydrogen (secondary N) is 2. The fourth-order valence-corrected chi connectivity index (χ4v) is 3.94. The average molecular weight is 540 g/mol. The van der Waals surface area contributed by atoms with E-state index in [9.17, 15) is 34.2 Å². The van der Waals surface area contributed by atoms with Crippen molar-refractivity contribution in [2.75, 3.05) is 0 Å². The molecule has 1 aromatic heterocycles. The number of carbonyl (C=O) groups is 3. The van der Waals surface area contributed by atoms with Crippen LogP contribution in [0.1, 0.15) is 54.0 Å². The summed E-state index contributed by atoms with van der Waals surface area (Å²) < 4.78 is 6.34. The molecule has 2 unspecified atom stereocenters. The number of aromatic carboxylic acids is 1. The first kappa shape index (κ1) is 28.9. The van der Waals surface area contributed by atoms with Gasteiger partial charge >= 0.3 is 23.6 Å². The van der Waals surface area contributed by atoms with Gasteiger partial charge in [-0.1, -0.05) is 36.4 Å². The van der Waals surface area contributed by atoms with Crippen LogP contribution in [0.25, 0.3) is 0 Å². The number of nitrogens with zero attached hydrogens (tertiary/aromatic N) is 1. The number of phenols is 1. The molecule has 12 heteroatoms. The molecule has 12 nitrogen and oxygen atoms in total. The fraction of sp³-hybridized carbons (Fsp3) is 0.296. The van der Waals surface area contributed by atoms with Crippen LogP contribution in [0.2, 0.25) is 0 Å². The van der Waals surface area contributed by atoms with E-state index < -0.39 is 46.8 Å². The topological polar surface area (TPSA) is 188 Å². The molecule has 0 bridgehead atoms. The Labute approximate surface area is 222 Å². The van der Waals surface area contributed by atoms with Gasteiger partial charge in [-0.15, -0.1) is 0 Å². The summed E-state index contributed by atoms with van der Waals surface area (Å²) in [6.07, 6.45) is 0.254. The van der Waals surface area contributed by atoms with Gasteiger partial charge in [-0.25, -0.2) is 14.4 Å². The highest BCUT2D eigenvalue weighted by atomic mass is 16.6. The molecular weight excluding hydrogens is 510 g/mol. The van der Waals surface area contributed by atoms with E-state index in [0.717, 1.165) is 21.8 Å². The molecule has 2 atom stereocenters. The summed E-state index contributed by atoms with van der Waals surface area (Å²) in [5.41, 5.74) is -0.407. The second kappa shape index (κ2) is 11.8. The van der Waals surface area contributed by atoms with E-state index in [4.69, 9.17) is 9.84 Å². The Hall–Kier alpha value is -4.71. The summed E-state index contributed by atoms with van der Waals surface area (Å²) in [4.78, 5) is 59.3. The lowest BCUT2D eigenvalue weighted by Gasteiger charge is -2.32. The molecule has 0 aliphatic carbocycles. The van der Waals surface area contributed by atoms with E-state index >= 15 is 0 Å². The predicted octanol–water partition coefficient (Wildman–Crippen LogP) is 1.66. The summed E-state index contributed by atoms with van der Waals surface area (Å²) in [6.45, 7) is 5.32. The molecule has 0 amide bonds. The number of benzene rings is 2. The van der Waals surface area contributed by atoms with Crippen LogP contribution in [0.4, 0.5) is 0 Å². The van der Waals surface area contributed by atoms with E-state index in [1.54, 1.807) is 51.1 Å². The van der Waals surface area contributed by atoms with Crippen molar-refractivity contribution in [2.24, 2.45) is 0 Å². The van der Waals surface area contributed by atoms with Crippen LogP contribution >= 0.6 is 0 Å². The number of hydrogen-bond acceptors (Lipinski definition) is 8. The first-order valence-electron chi connectivity index (χ1n) is 11.9. The van der Waals surface area contributed by atoms with Gasteiger partial charge in [0, 0.05) is 6.07 Å². The number of carbonyl (C=O) groups excluding carboxylic acids is 1. The first-order chi connectivity index (χ1) is 18.2.